The number of anilines is 1. The number of aromatic nitrogens is 4. The second-order valence-corrected chi connectivity index (χ2v) is 4.77. The number of alkyl halides is 2. The van der Waals surface area contributed by atoms with Crippen LogP contribution in [0.3, 0.4) is 0 Å². The lowest BCUT2D eigenvalue weighted by molar-refractivity contribution is 0.874. The molecule has 21 heavy (non-hydrogen) atoms. The maximum absolute atomic E-state index is 5.79. The molecule has 1 heterocycles. The second-order valence-electron chi connectivity index (χ2n) is 4.01. The van der Waals surface area contributed by atoms with Crippen molar-refractivity contribution in [3.05, 3.63) is 35.3 Å². The molecule has 0 atom stereocenters. The van der Waals surface area contributed by atoms with Crippen LogP contribution in [0.2, 0.25) is 0 Å². The average molecular weight is 327 g/mol. The van der Waals surface area contributed by atoms with Crippen molar-refractivity contribution in [2.45, 2.75) is 0 Å². The number of nitrogens with one attached hydrogen (secondary N) is 1. The van der Waals surface area contributed by atoms with Gasteiger partial charge in [-0.25, -0.2) is 5.10 Å². The molecule has 0 aliphatic carbocycles. The van der Waals surface area contributed by atoms with E-state index in [-0.39, 0.29) is 5.95 Å². The Morgan fingerprint density at radius 2 is 1.90 bits per heavy atom. The zero-order chi connectivity index (χ0) is 14.9. The average Bonchev–Trinajstić information content (AvgIpc) is 3.01. The minimum Gasteiger partial charge on any atom is -0.369 e. The monoisotopic (exact) mass is 326 g/mol. The number of nitrogens with zero attached hydrogens (tertiary/aromatic N) is 6. The molecule has 0 aliphatic rings. The first-order valence-corrected chi connectivity index (χ1v) is 7.35. The highest BCUT2D eigenvalue weighted by Crippen LogP contribution is 2.15. The maximum Gasteiger partial charge on any atom is 0.0830 e. The number of H-pyrrole nitrogens is 1. The molecular weight excluding hydrogens is 313 g/mol. The topological polar surface area (TPSA) is 84.2 Å². The van der Waals surface area contributed by atoms with Gasteiger partial charge in [-0.05, 0) is 17.7 Å². The van der Waals surface area contributed by atoms with Crippen molar-refractivity contribution in [1.82, 2.24) is 20.6 Å². The van der Waals surface area contributed by atoms with Crippen molar-refractivity contribution < 1.29 is 0 Å². The van der Waals surface area contributed by atoms with Crippen LogP contribution in [0.5, 0.6) is 0 Å². The lowest BCUT2D eigenvalue weighted by Crippen LogP contribution is -2.27. The minimum absolute atomic E-state index is 0.193. The van der Waals surface area contributed by atoms with Gasteiger partial charge in [0.15, 0.2) is 0 Å². The molecule has 1 N–H and O–H groups in total. The fourth-order valence-corrected chi connectivity index (χ4v) is 2.10. The third-order valence-electron chi connectivity index (χ3n) is 2.66. The summed E-state index contributed by atoms with van der Waals surface area (Å²) in [5, 5.41) is 16.9. The molecule has 0 radical (unpaired) electrons. The van der Waals surface area contributed by atoms with E-state index in [1.54, 1.807) is 6.21 Å². The molecule has 9 heteroatoms. The van der Waals surface area contributed by atoms with Crippen molar-refractivity contribution in [2.24, 2.45) is 5.10 Å². The van der Waals surface area contributed by atoms with E-state index in [1.165, 1.54) is 0 Å². The van der Waals surface area contributed by atoms with E-state index in [1.807, 2.05) is 24.3 Å². The van der Waals surface area contributed by atoms with Crippen molar-refractivity contribution in [3.8, 4) is 0 Å². The van der Waals surface area contributed by atoms with Crippen molar-refractivity contribution in [1.29, 1.82) is 0 Å². The Balaban J connectivity index is 1.95. The molecule has 7 nitrogen and oxygen atoms in total. The van der Waals surface area contributed by atoms with Crippen LogP contribution in [0.15, 0.2) is 29.4 Å². The van der Waals surface area contributed by atoms with Crippen LogP contribution in [0.25, 0.3) is 5.43 Å². The minimum atomic E-state index is 0.193. The maximum atomic E-state index is 5.79. The van der Waals surface area contributed by atoms with E-state index >= 15 is 0 Å². The smallest absolute Gasteiger partial charge is 0.0830 e. The Morgan fingerprint density at radius 3 is 2.48 bits per heavy atom. The zero-order valence-electron chi connectivity index (χ0n) is 11.2. The number of hydrogen-bond donors (Lipinski definition) is 1. The van der Waals surface area contributed by atoms with Crippen LogP contribution in [-0.2, 0) is 0 Å². The van der Waals surface area contributed by atoms with Crippen LogP contribution in [0.1, 0.15) is 5.56 Å². The Bertz CT molecular complexity index is 535. The van der Waals surface area contributed by atoms with Crippen LogP contribution in [-0.4, -0.2) is 51.7 Å². The molecular formula is C12H14Cl2N7-. The normalized spacial score (nSPS) is 11.0. The summed E-state index contributed by atoms with van der Waals surface area (Å²) < 4.78 is 0. The van der Waals surface area contributed by atoms with Gasteiger partial charge in [-0.3, -0.25) is 20.8 Å². The molecule has 0 aliphatic heterocycles. The van der Waals surface area contributed by atoms with Gasteiger partial charge in [0.2, 0.25) is 0 Å². The van der Waals surface area contributed by atoms with Crippen molar-refractivity contribution >= 4 is 41.1 Å². The SMILES string of the molecule is ClCCN(CCCl)c1ccc(/C=N\[N-]c2nn[nH]n2)cc1. The van der Waals surface area contributed by atoms with Crippen LogP contribution >= 0.6 is 23.2 Å². The highest BCUT2D eigenvalue weighted by molar-refractivity contribution is 6.18. The lowest BCUT2D eigenvalue weighted by Gasteiger charge is -2.22. The number of hydrogen-bond acceptors (Lipinski definition) is 5. The summed E-state index contributed by atoms with van der Waals surface area (Å²) in [7, 11) is 0. The second kappa shape index (κ2) is 8.43. The predicted molar refractivity (Wildman–Crippen MR) is 84.9 cm³/mol. The summed E-state index contributed by atoms with van der Waals surface area (Å²) in [5.41, 5.74) is 5.78. The first kappa shape index (κ1) is 15.5. The molecule has 0 unspecified atom stereocenters. The Labute approximate surface area is 132 Å². The number of halogens is 2. The third-order valence-corrected chi connectivity index (χ3v) is 2.99. The summed E-state index contributed by atoms with van der Waals surface area (Å²) in [6.07, 6.45) is 1.62. The van der Waals surface area contributed by atoms with Crippen molar-refractivity contribution in [2.75, 3.05) is 29.7 Å². The predicted octanol–water partition coefficient (Wildman–Crippen LogP) is 2.52. The molecule has 0 saturated heterocycles. The van der Waals surface area contributed by atoms with Crippen molar-refractivity contribution in [3.63, 3.8) is 0 Å². The molecule has 2 rings (SSSR count). The third kappa shape index (κ3) is 4.87. The Hall–Kier alpha value is -1.86. The molecule has 1 aromatic heterocycles. The van der Waals surface area contributed by atoms with Crippen LogP contribution in [0.4, 0.5) is 11.6 Å². The van der Waals surface area contributed by atoms with Gasteiger partial charge >= 0.3 is 0 Å². The molecule has 1 aromatic carbocycles. The van der Waals surface area contributed by atoms with Gasteiger partial charge < -0.3 is 4.90 Å². The molecule has 0 amide bonds. The summed E-state index contributed by atoms with van der Waals surface area (Å²) >= 11 is 11.6. The van der Waals surface area contributed by atoms with E-state index in [0.717, 1.165) is 24.3 Å². The molecule has 2 aromatic rings. The summed E-state index contributed by atoms with van der Waals surface area (Å²) in [4.78, 5) is 2.13. The van der Waals surface area contributed by atoms with Gasteiger partial charge in [-0.2, -0.15) is 0 Å². The number of rotatable bonds is 8. The zero-order valence-corrected chi connectivity index (χ0v) is 12.7. The van der Waals surface area contributed by atoms with E-state index in [2.05, 4.69) is 36.1 Å². The van der Waals surface area contributed by atoms with Gasteiger partial charge in [-0.15, -0.1) is 28.4 Å². The van der Waals surface area contributed by atoms with E-state index in [4.69, 9.17) is 23.2 Å². The molecule has 0 fully saturated rings. The van der Waals surface area contributed by atoms with Gasteiger partial charge in [0.25, 0.3) is 0 Å². The first-order chi connectivity index (χ1) is 10.3. The fourth-order valence-electron chi connectivity index (χ4n) is 1.69. The van der Waals surface area contributed by atoms with Gasteiger partial charge in [-0.1, -0.05) is 12.1 Å². The fraction of sp³-hybridized carbons (Fsp3) is 0.333. The van der Waals surface area contributed by atoms with E-state index in [0.29, 0.717) is 11.8 Å². The largest absolute Gasteiger partial charge is 0.369 e. The van der Waals surface area contributed by atoms with Gasteiger partial charge in [0, 0.05) is 36.8 Å². The highest BCUT2D eigenvalue weighted by Gasteiger charge is 2.04. The van der Waals surface area contributed by atoms with Gasteiger partial charge in [0.1, 0.15) is 0 Å². The number of tetrazole rings is 1. The molecule has 0 bridgehead atoms. The molecule has 112 valence electrons. The van der Waals surface area contributed by atoms with Crippen LogP contribution < -0.4 is 4.90 Å². The Morgan fingerprint density at radius 1 is 1.19 bits per heavy atom. The lowest BCUT2D eigenvalue weighted by atomic mass is 10.2. The van der Waals surface area contributed by atoms with E-state index < -0.39 is 0 Å². The summed E-state index contributed by atoms with van der Waals surface area (Å²) in [6, 6.07) is 7.88. The van der Waals surface area contributed by atoms with Crippen LogP contribution in [0, 0.1) is 0 Å². The summed E-state index contributed by atoms with van der Waals surface area (Å²) in [5.74, 6) is 1.31. The van der Waals surface area contributed by atoms with E-state index in [9.17, 15) is 0 Å². The number of aromatic amines is 1. The Kier molecular flexibility index (Phi) is 6.23. The standard InChI is InChI=1S/C12H14Cl2N7/c13-5-7-21(8-6-14)11-3-1-10(2-4-11)9-15-16-12-17-19-20-18-12/h1-4,9H,5-8H2,(H-,16,17,18,19,20)/q-1/b15-9-. The first-order valence-electron chi connectivity index (χ1n) is 6.28. The summed E-state index contributed by atoms with van der Waals surface area (Å²) in [6.45, 7) is 1.52. The molecule has 0 spiro atoms. The molecule has 0 saturated carbocycles. The van der Waals surface area contributed by atoms with Gasteiger partial charge in [0.05, 0.1) is 5.95 Å². The quantitative estimate of drug-likeness (QED) is 0.459. The number of benzene rings is 1. The highest BCUT2D eigenvalue weighted by atomic mass is 35.5.